The smallest absolute Gasteiger partial charge is 0.166 e. The number of carbonyl (C=O) groups excluding carboxylic acids is 1. The second-order valence-electron chi connectivity index (χ2n) is 2.26. The quantitative estimate of drug-likeness (QED) is 0.430. The molecule has 10 heavy (non-hydrogen) atoms. The van der Waals surface area contributed by atoms with Gasteiger partial charge >= 0.3 is 0 Å². The minimum atomic E-state index is 0.153. The van der Waals surface area contributed by atoms with Crippen LogP contribution in [0.25, 0.3) is 0 Å². The number of carbonyl (C=O) groups is 1. The molecule has 1 nitrogen and oxygen atoms in total. The fourth-order valence-electron chi connectivity index (χ4n) is 0.909. The summed E-state index contributed by atoms with van der Waals surface area (Å²) in [5.41, 5.74) is 2.49. The molecule has 0 heterocycles. The molecule has 0 rings (SSSR count). The molecule has 0 radical (unpaired) electrons. The van der Waals surface area contributed by atoms with Gasteiger partial charge in [0.05, 0.1) is 0 Å². The molecule has 0 aromatic heterocycles. The first kappa shape index (κ1) is 9.19. The van der Waals surface area contributed by atoms with Gasteiger partial charge in [0, 0.05) is 12.0 Å². The van der Waals surface area contributed by atoms with Gasteiger partial charge in [-0.3, -0.25) is 4.79 Å². The van der Waals surface area contributed by atoms with Crippen LogP contribution in [-0.2, 0) is 4.79 Å². The van der Waals surface area contributed by atoms with Crippen molar-refractivity contribution >= 4 is 5.78 Å². The molecule has 0 fully saturated rings. The Morgan fingerprint density at radius 1 is 1.60 bits per heavy atom. The van der Waals surface area contributed by atoms with E-state index < -0.39 is 0 Å². The summed E-state index contributed by atoms with van der Waals surface area (Å²) in [7, 11) is 0. The summed E-state index contributed by atoms with van der Waals surface area (Å²) in [5, 5.41) is 0. The summed E-state index contributed by atoms with van der Waals surface area (Å²) < 4.78 is 0. The zero-order chi connectivity index (χ0) is 7.98. The van der Waals surface area contributed by atoms with Crippen molar-refractivity contribution < 1.29 is 4.79 Å². The lowest BCUT2D eigenvalue weighted by molar-refractivity contribution is -0.118. The van der Waals surface area contributed by atoms with Gasteiger partial charge in [-0.15, -0.1) is 5.73 Å². The fourth-order valence-corrected chi connectivity index (χ4v) is 0.909. The minimum Gasteiger partial charge on any atom is -0.294 e. The molecule has 0 aliphatic heterocycles. The van der Waals surface area contributed by atoms with Gasteiger partial charge in [-0.2, -0.15) is 0 Å². The molecule has 1 heteroatoms. The normalized spacial score (nSPS) is 9.10. The van der Waals surface area contributed by atoms with Crippen LogP contribution in [-0.4, -0.2) is 5.78 Å². The van der Waals surface area contributed by atoms with E-state index in [1.54, 1.807) is 0 Å². The Balaban J connectivity index is 4.01. The van der Waals surface area contributed by atoms with E-state index in [0.29, 0.717) is 0 Å². The molecule has 0 unspecified atom stereocenters. The highest BCUT2D eigenvalue weighted by atomic mass is 16.1. The molecular formula is C9H14O. The largest absolute Gasteiger partial charge is 0.294 e. The van der Waals surface area contributed by atoms with E-state index >= 15 is 0 Å². The van der Waals surface area contributed by atoms with Gasteiger partial charge in [-0.05, 0) is 12.8 Å². The Labute approximate surface area is 62.4 Å². The highest BCUT2D eigenvalue weighted by Crippen LogP contribution is 2.08. The third-order valence-corrected chi connectivity index (χ3v) is 1.63. The average molecular weight is 138 g/mol. The first-order valence-electron chi connectivity index (χ1n) is 3.65. The van der Waals surface area contributed by atoms with Gasteiger partial charge in [0.1, 0.15) is 0 Å². The summed E-state index contributed by atoms with van der Waals surface area (Å²) >= 11 is 0. The second-order valence-corrected chi connectivity index (χ2v) is 2.26. The standard InChI is InChI=1S/C9H14O/c1-4-7-9(10)8(5-2)6-3/h7-8H,1,5-6H2,2-3H3. The van der Waals surface area contributed by atoms with Gasteiger partial charge in [0.2, 0.25) is 0 Å². The molecule has 0 N–H and O–H groups in total. The molecule has 0 saturated heterocycles. The second kappa shape index (κ2) is 5.01. The molecule has 0 aromatic carbocycles. The van der Waals surface area contributed by atoms with Crippen molar-refractivity contribution in [1.29, 1.82) is 0 Å². The Kier molecular flexibility index (Phi) is 4.61. The lowest BCUT2D eigenvalue weighted by Gasteiger charge is -2.05. The molecule has 0 amide bonds. The van der Waals surface area contributed by atoms with Crippen molar-refractivity contribution in [3.63, 3.8) is 0 Å². The Morgan fingerprint density at radius 2 is 2.10 bits per heavy atom. The van der Waals surface area contributed by atoms with E-state index in [1.807, 2.05) is 13.8 Å². The summed E-state index contributed by atoms with van der Waals surface area (Å²) in [5.74, 6) is 0.328. The van der Waals surface area contributed by atoms with Crippen molar-refractivity contribution in [1.82, 2.24) is 0 Å². The Bertz CT molecular complexity index is 148. The van der Waals surface area contributed by atoms with E-state index in [1.165, 1.54) is 6.08 Å². The lowest BCUT2D eigenvalue weighted by Crippen LogP contribution is -2.08. The summed E-state index contributed by atoms with van der Waals surface area (Å²) in [6, 6.07) is 0. The van der Waals surface area contributed by atoms with Gasteiger partial charge in [0.25, 0.3) is 0 Å². The monoisotopic (exact) mass is 138 g/mol. The van der Waals surface area contributed by atoms with Crippen molar-refractivity contribution in [2.45, 2.75) is 26.7 Å². The van der Waals surface area contributed by atoms with Crippen molar-refractivity contribution in [3.05, 3.63) is 18.4 Å². The maximum Gasteiger partial charge on any atom is 0.166 e. The van der Waals surface area contributed by atoms with Crippen molar-refractivity contribution in [2.75, 3.05) is 0 Å². The van der Waals surface area contributed by atoms with E-state index in [9.17, 15) is 4.79 Å². The van der Waals surface area contributed by atoms with Crippen LogP contribution in [0.15, 0.2) is 18.4 Å². The molecule has 0 bridgehead atoms. The van der Waals surface area contributed by atoms with Crippen LogP contribution >= 0.6 is 0 Å². The maximum atomic E-state index is 11.0. The molecular weight excluding hydrogens is 124 g/mol. The number of ketones is 1. The Morgan fingerprint density at radius 3 is 2.40 bits per heavy atom. The molecule has 0 saturated carbocycles. The first-order valence-corrected chi connectivity index (χ1v) is 3.65. The molecule has 0 aliphatic carbocycles. The van der Waals surface area contributed by atoms with Gasteiger partial charge in [-0.1, -0.05) is 20.4 Å². The van der Waals surface area contributed by atoms with Crippen LogP contribution in [0.4, 0.5) is 0 Å². The van der Waals surface area contributed by atoms with Crippen LogP contribution in [0, 0.1) is 5.92 Å². The molecule has 0 aromatic rings. The molecule has 0 atom stereocenters. The van der Waals surface area contributed by atoms with Crippen LogP contribution in [0.2, 0.25) is 0 Å². The predicted molar refractivity (Wildman–Crippen MR) is 42.8 cm³/mol. The van der Waals surface area contributed by atoms with E-state index in [2.05, 4.69) is 12.3 Å². The lowest BCUT2D eigenvalue weighted by atomic mass is 9.98. The zero-order valence-electron chi connectivity index (χ0n) is 6.68. The van der Waals surface area contributed by atoms with Gasteiger partial charge < -0.3 is 0 Å². The number of hydrogen-bond acceptors (Lipinski definition) is 1. The minimum absolute atomic E-state index is 0.153. The molecule has 0 spiro atoms. The fraction of sp³-hybridized carbons (Fsp3) is 0.556. The zero-order valence-corrected chi connectivity index (χ0v) is 6.68. The SMILES string of the molecule is C=C=CC(=O)C(CC)CC. The van der Waals surface area contributed by atoms with Crippen molar-refractivity contribution in [3.8, 4) is 0 Å². The van der Waals surface area contributed by atoms with Crippen LogP contribution in [0.1, 0.15) is 26.7 Å². The van der Waals surface area contributed by atoms with E-state index in [4.69, 9.17) is 0 Å². The molecule has 56 valence electrons. The highest BCUT2D eigenvalue weighted by Gasteiger charge is 2.09. The summed E-state index contributed by atoms with van der Waals surface area (Å²) in [4.78, 5) is 11.0. The van der Waals surface area contributed by atoms with Gasteiger partial charge in [0.15, 0.2) is 5.78 Å². The van der Waals surface area contributed by atoms with E-state index in [0.717, 1.165) is 12.8 Å². The highest BCUT2D eigenvalue weighted by molar-refractivity contribution is 5.91. The summed E-state index contributed by atoms with van der Waals surface area (Å²) in [6.45, 7) is 7.38. The van der Waals surface area contributed by atoms with Gasteiger partial charge in [-0.25, -0.2) is 0 Å². The van der Waals surface area contributed by atoms with Crippen LogP contribution in [0.5, 0.6) is 0 Å². The third kappa shape index (κ3) is 2.65. The number of allylic oxidation sites excluding steroid dienone is 1. The van der Waals surface area contributed by atoms with Crippen LogP contribution in [0.3, 0.4) is 0 Å². The maximum absolute atomic E-state index is 11.0. The Hall–Kier alpha value is -0.810. The topological polar surface area (TPSA) is 17.1 Å². The number of rotatable bonds is 4. The first-order chi connectivity index (χ1) is 4.76. The number of hydrogen-bond donors (Lipinski definition) is 0. The predicted octanol–water partition coefficient (Wildman–Crippen LogP) is 2.33. The summed E-state index contributed by atoms with van der Waals surface area (Å²) in [6.07, 6.45) is 3.25. The average Bonchev–Trinajstić information content (AvgIpc) is 1.91. The third-order valence-electron chi connectivity index (χ3n) is 1.63. The van der Waals surface area contributed by atoms with Crippen LogP contribution < -0.4 is 0 Å². The molecule has 0 aliphatic rings. The van der Waals surface area contributed by atoms with Crippen molar-refractivity contribution in [2.24, 2.45) is 5.92 Å². The van der Waals surface area contributed by atoms with E-state index in [-0.39, 0.29) is 11.7 Å².